The molecule has 2 atom stereocenters. The number of halogens is 2. The number of rotatable bonds is 11. The average Bonchev–Trinajstić information content (AvgIpc) is 2.91. The Hall–Kier alpha value is -3.79. The van der Waals surface area contributed by atoms with E-state index in [9.17, 15) is 26.8 Å². The van der Waals surface area contributed by atoms with Gasteiger partial charge in [0.15, 0.2) is 0 Å². The average molecular weight is 544 g/mol. The number of amides is 2. The third-order valence-corrected chi connectivity index (χ3v) is 7.95. The second-order valence-corrected chi connectivity index (χ2v) is 10.8. The van der Waals surface area contributed by atoms with Crippen molar-refractivity contribution in [1.82, 2.24) is 10.2 Å². The molecule has 3 aromatic carbocycles. The fourth-order valence-corrected chi connectivity index (χ4v) is 5.13. The number of sulfonamides is 1. The molecule has 0 aliphatic rings. The molecule has 0 aliphatic carbocycles. The van der Waals surface area contributed by atoms with Crippen LogP contribution in [0.3, 0.4) is 0 Å². The van der Waals surface area contributed by atoms with Gasteiger partial charge in [-0.15, -0.1) is 0 Å². The summed E-state index contributed by atoms with van der Waals surface area (Å²) in [6, 6.07) is 16.7. The molecule has 0 aliphatic heterocycles. The van der Waals surface area contributed by atoms with Gasteiger partial charge >= 0.3 is 0 Å². The van der Waals surface area contributed by atoms with Gasteiger partial charge in [0, 0.05) is 12.6 Å². The molecule has 0 radical (unpaired) electrons. The van der Waals surface area contributed by atoms with E-state index in [1.54, 1.807) is 25.1 Å². The number of nitrogens with zero attached hydrogens (tertiary/aromatic N) is 2. The lowest BCUT2D eigenvalue weighted by Gasteiger charge is -2.32. The van der Waals surface area contributed by atoms with Crippen molar-refractivity contribution >= 4 is 27.5 Å². The van der Waals surface area contributed by atoms with Crippen molar-refractivity contribution in [3.8, 4) is 0 Å². The van der Waals surface area contributed by atoms with E-state index in [-0.39, 0.29) is 23.2 Å². The smallest absolute Gasteiger partial charge is 0.264 e. The first-order chi connectivity index (χ1) is 18.0. The second kappa shape index (κ2) is 12.6. The molecule has 38 heavy (non-hydrogen) atoms. The highest BCUT2D eigenvalue weighted by Crippen LogP contribution is 2.25. The summed E-state index contributed by atoms with van der Waals surface area (Å²) in [6.45, 7) is 4.58. The maximum Gasteiger partial charge on any atom is 0.264 e. The van der Waals surface area contributed by atoms with Gasteiger partial charge in [-0.25, -0.2) is 17.2 Å². The van der Waals surface area contributed by atoms with Crippen molar-refractivity contribution < 1.29 is 26.8 Å². The molecular formula is C28H31F2N3O4S. The summed E-state index contributed by atoms with van der Waals surface area (Å²) in [4.78, 5) is 27.9. The Labute approximate surface area is 222 Å². The van der Waals surface area contributed by atoms with Gasteiger partial charge in [-0.3, -0.25) is 13.9 Å². The first-order valence-corrected chi connectivity index (χ1v) is 13.6. The van der Waals surface area contributed by atoms with Crippen molar-refractivity contribution in [2.45, 2.75) is 50.7 Å². The van der Waals surface area contributed by atoms with Crippen LogP contribution in [0.2, 0.25) is 0 Å². The van der Waals surface area contributed by atoms with Crippen LogP contribution < -0.4 is 9.62 Å². The van der Waals surface area contributed by atoms with Gasteiger partial charge in [0.1, 0.15) is 24.2 Å². The van der Waals surface area contributed by atoms with E-state index < -0.39 is 46.1 Å². The Morgan fingerprint density at radius 3 is 1.97 bits per heavy atom. The van der Waals surface area contributed by atoms with Gasteiger partial charge in [0.25, 0.3) is 10.0 Å². The highest BCUT2D eigenvalue weighted by atomic mass is 32.2. The molecule has 0 unspecified atom stereocenters. The Morgan fingerprint density at radius 2 is 1.42 bits per heavy atom. The minimum absolute atomic E-state index is 0.0511. The zero-order chi connectivity index (χ0) is 27.9. The minimum Gasteiger partial charge on any atom is -0.352 e. The monoisotopic (exact) mass is 543 g/mol. The van der Waals surface area contributed by atoms with E-state index in [1.807, 2.05) is 13.8 Å². The lowest BCUT2D eigenvalue weighted by atomic mass is 10.1. The summed E-state index contributed by atoms with van der Waals surface area (Å²) in [6.07, 6.45) is 0.679. The molecule has 3 aromatic rings. The summed E-state index contributed by atoms with van der Waals surface area (Å²) in [5.41, 5.74) is 0.643. The largest absolute Gasteiger partial charge is 0.352 e. The highest BCUT2D eigenvalue weighted by molar-refractivity contribution is 7.92. The Morgan fingerprint density at radius 1 is 0.868 bits per heavy atom. The Bertz CT molecular complexity index is 1330. The minimum atomic E-state index is -4.23. The van der Waals surface area contributed by atoms with Crippen molar-refractivity contribution in [2.24, 2.45) is 0 Å². The van der Waals surface area contributed by atoms with Crippen LogP contribution in [0, 0.1) is 11.6 Å². The van der Waals surface area contributed by atoms with Gasteiger partial charge in [0.05, 0.1) is 10.6 Å². The molecule has 0 saturated carbocycles. The molecule has 2 amide bonds. The summed E-state index contributed by atoms with van der Waals surface area (Å²) < 4.78 is 55.2. The number of hydrogen-bond acceptors (Lipinski definition) is 4. The Kier molecular flexibility index (Phi) is 9.57. The topological polar surface area (TPSA) is 86.8 Å². The number of benzene rings is 3. The molecule has 7 nitrogen and oxygen atoms in total. The third-order valence-electron chi connectivity index (χ3n) is 6.16. The number of carbonyl (C=O) groups excluding carboxylic acids is 2. The lowest BCUT2D eigenvalue weighted by Crippen LogP contribution is -2.52. The zero-order valence-electron chi connectivity index (χ0n) is 21.5. The van der Waals surface area contributed by atoms with Gasteiger partial charge in [-0.2, -0.15) is 0 Å². The molecule has 1 N–H and O–H groups in total. The van der Waals surface area contributed by atoms with Crippen LogP contribution >= 0.6 is 0 Å². The van der Waals surface area contributed by atoms with Gasteiger partial charge in [-0.1, -0.05) is 37.3 Å². The van der Waals surface area contributed by atoms with Crippen molar-refractivity contribution in [1.29, 1.82) is 0 Å². The molecular weight excluding hydrogens is 512 g/mol. The van der Waals surface area contributed by atoms with Gasteiger partial charge in [-0.05, 0) is 74.4 Å². The van der Waals surface area contributed by atoms with Crippen molar-refractivity contribution in [3.63, 3.8) is 0 Å². The van der Waals surface area contributed by atoms with E-state index in [0.29, 0.717) is 12.0 Å². The maximum absolute atomic E-state index is 13.7. The highest BCUT2D eigenvalue weighted by Gasteiger charge is 2.32. The molecule has 0 fully saturated rings. The van der Waals surface area contributed by atoms with Crippen LogP contribution in [0.1, 0.15) is 32.8 Å². The molecule has 3 rings (SSSR count). The standard InChI is InChI=1S/C28H31F2N3O4S/c1-4-20(2)31-28(35)21(3)32(18-22-10-12-23(29)13-11-22)27(34)19-33(25-16-14-24(30)15-17-25)38(36,37)26-8-6-5-7-9-26/h5-17,20-21H,4,18-19H2,1-3H3,(H,31,35)/t20-,21+/m1/s1. The molecule has 0 heterocycles. The number of hydrogen-bond donors (Lipinski definition) is 1. The Balaban J connectivity index is 2.00. The first-order valence-electron chi connectivity index (χ1n) is 12.2. The number of carbonyl (C=O) groups is 2. The molecule has 0 bridgehead atoms. The van der Waals surface area contributed by atoms with Crippen LogP contribution in [0.5, 0.6) is 0 Å². The SMILES string of the molecule is CC[C@@H](C)NC(=O)[C@H](C)N(Cc1ccc(F)cc1)C(=O)CN(c1ccc(F)cc1)S(=O)(=O)c1ccccc1. The summed E-state index contributed by atoms with van der Waals surface area (Å²) in [5.74, 6) is -2.09. The fraction of sp³-hybridized carbons (Fsp3) is 0.286. The van der Waals surface area contributed by atoms with Crippen LogP contribution in [-0.4, -0.2) is 43.8 Å². The van der Waals surface area contributed by atoms with Crippen molar-refractivity contribution in [3.05, 3.63) is 96.1 Å². The van der Waals surface area contributed by atoms with Crippen LogP contribution in [0.25, 0.3) is 0 Å². The summed E-state index contributed by atoms with van der Waals surface area (Å²) in [5, 5.41) is 2.84. The lowest BCUT2D eigenvalue weighted by molar-refractivity contribution is -0.139. The predicted molar refractivity (Wildman–Crippen MR) is 142 cm³/mol. The van der Waals surface area contributed by atoms with Crippen LogP contribution in [0.15, 0.2) is 83.8 Å². The number of nitrogens with one attached hydrogen (secondary N) is 1. The van der Waals surface area contributed by atoms with E-state index in [2.05, 4.69) is 5.32 Å². The first kappa shape index (κ1) is 28.8. The predicted octanol–water partition coefficient (Wildman–Crippen LogP) is 4.49. The summed E-state index contributed by atoms with van der Waals surface area (Å²) in [7, 11) is -4.23. The maximum atomic E-state index is 13.7. The zero-order valence-corrected chi connectivity index (χ0v) is 22.3. The van der Waals surface area contributed by atoms with E-state index in [4.69, 9.17) is 0 Å². The molecule has 0 saturated heterocycles. The quantitative estimate of drug-likeness (QED) is 0.386. The second-order valence-electron chi connectivity index (χ2n) is 8.94. The molecule has 202 valence electrons. The van der Waals surface area contributed by atoms with Crippen LogP contribution in [-0.2, 0) is 26.2 Å². The molecule has 10 heteroatoms. The van der Waals surface area contributed by atoms with Gasteiger partial charge < -0.3 is 10.2 Å². The van der Waals surface area contributed by atoms with Gasteiger partial charge in [0.2, 0.25) is 11.8 Å². The van der Waals surface area contributed by atoms with Crippen LogP contribution in [0.4, 0.5) is 14.5 Å². The molecule has 0 aromatic heterocycles. The van der Waals surface area contributed by atoms with E-state index in [1.165, 1.54) is 53.4 Å². The van der Waals surface area contributed by atoms with E-state index in [0.717, 1.165) is 16.4 Å². The number of anilines is 1. The van der Waals surface area contributed by atoms with E-state index >= 15 is 0 Å². The summed E-state index contributed by atoms with van der Waals surface area (Å²) >= 11 is 0. The normalized spacial score (nSPS) is 12.9. The fourth-order valence-electron chi connectivity index (χ4n) is 3.69. The third kappa shape index (κ3) is 7.16. The van der Waals surface area contributed by atoms with Crippen molar-refractivity contribution in [2.75, 3.05) is 10.8 Å². The molecule has 0 spiro atoms.